The summed E-state index contributed by atoms with van der Waals surface area (Å²) in [5.41, 5.74) is 4.38. The second-order valence-corrected chi connectivity index (χ2v) is 7.16. The Balaban J connectivity index is 1.80. The van der Waals surface area contributed by atoms with E-state index in [1.165, 1.54) is 16.8 Å². The molecule has 0 radical (unpaired) electrons. The SMILES string of the molecule is COc1cccc2c(=O)n(NCc3ccc(Cl)cc3)c(C3C=CC(F)=CC3)nc12. The number of rotatable bonds is 5. The maximum atomic E-state index is 13.5. The number of methoxy groups -OCH3 is 1. The van der Waals surface area contributed by atoms with Gasteiger partial charge in [0.25, 0.3) is 5.56 Å². The van der Waals surface area contributed by atoms with Crippen LogP contribution in [0.4, 0.5) is 4.39 Å². The van der Waals surface area contributed by atoms with E-state index in [1.54, 1.807) is 43.5 Å². The van der Waals surface area contributed by atoms with Crippen molar-refractivity contribution in [3.8, 4) is 5.75 Å². The van der Waals surface area contributed by atoms with Gasteiger partial charge in [0.2, 0.25) is 0 Å². The van der Waals surface area contributed by atoms with Gasteiger partial charge in [0, 0.05) is 10.9 Å². The molecule has 148 valence electrons. The number of hydrogen-bond acceptors (Lipinski definition) is 4. The quantitative estimate of drug-likeness (QED) is 0.661. The highest BCUT2D eigenvalue weighted by atomic mass is 35.5. The van der Waals surface area contributed by atoms with Crippen LogP contribution in [0.25, 0.3) is 10.9 Å². The lowest BCUT2D eigenvalue weighted by Crippen LogP contribution is -2.34. The minimum atomic E-state index is -0.289. The fourth-order valence-electron chi connectivity index (χ4n) is 3.32. The van der Waals surface area contributed by atoms with Crippen LogP contribution >= 0.6 is 11.6 Å². The van der Waals surface area contributed by atoms with Crippen molar-refractivity contribution in [3.05, 3.63) is 93.3 Å². The summed E-state index contributed by atoms with van der Waals surface area (Å²) in [4.78, 5) is 18.0. The average molecular weight is 412 g/mol. The summed E-state index contributed by atoms with van der Waals surface area (Å²) in [6.45, 7) is 0.405. The number of benzene rings is 2. The highest BCUT2D eigenvalue weighted by Gasteiger charge is 2.21. The number of aromatic nitrogens is 2. The van der Waals surface area contributed by atoms with Crippen LogP contribution in [0.5, 0.6) is 5.75 Å². The fraction of sp³-hybridized carbons (Fsp3) is 0.182. The molecule has 1 aromatic heterocycles. The summed E-state index contributed by atoms with van der Waals surface area (Å²) in [5.74, 6) is 0.491. The molecule has 1 heterocycles. The molecule has 1 aliphatic rings. The van der Waals surface area contributed by atoms with Crippen molar-refractivity contribution >= 4 is 22.5 Å². The number of allylic oxidation sites excluding steroid dienone is 4. The first-order valence-electron chi connectivity index (χ1n) is 9.18. The molecule has 3 aromatic rings. The molecule has 1 unspecified atom stereocenters. The smallest absolute Gasteiger partial charge is 0.280 e. The van der Waals surface area contributed by atoms with Crippen molar-refractivity contribution in [2.24, 2.45) is 0 Å². The van der Waals surface area contributed by atoms with E-state index in [2.05, 4.69) is 5.43 Å². The Bertz CT molecular complexity index is 1170. The summed E-state index contributed by atoms with van der Waals surface area (Å²) in [7, 11) is 1.54. The molecule has 1 aliphatic carbocycles. The average Bonchev–Trinajstić information content (AvgIpc) is 2.74. The lowest BCUT2D eigenvalue weighted by molar-refractivity contribution is 0.418. The normalized spacial score (nSPS) is 16.0. The van der Waals surface area contributed by atoms with E-state index < -0.39 is 0 Å². The van der Waals surface area contributed by atoms with E-state index in [9.17, 15) is 9.18 Å². The second-order valence-electron chi connectivity index (χ2n) is 6.72. The maximum absolute atomic E-state index is 13.5. The second kappa shape index (κ2) is 8.09. The number of nitrogens with one attached hydrogen (secondary N) is 1. The van der Waals surface area contributed by atoms with Crippen LogP contribution < -0.4 is 15.7 Å². The van der Waals surface area contributed by atoms with Gasteiger partial charge in [-0.05, 0) is 48.4 Å². The summed E-state index contributed by atoms with van der Waals surface area (Å²) < 4.78 is 20.3. The molecule has 1 N–H and O–H groups in total. The third-order valence-electron chi connectivity index (χ3n) is 4.85. The molecule has 0 bridgehead atoms. The zero-order valence-corrected chi connectivity index (χ0v) is 16.5. The zero-order valence-electron chi connectivity index (χ0n) is 15.7. The monoisotopic (exact) mass is 411 g/mol. The van der Waals surface area contributed by atoms with Gasteiger partial charge in [0.15, 0.2) is 0 Å². The molecule has 0 saturated carbocycles. The molecule has 29 heavy (non-hydrogen) atoms. The van der Waals surface area contributed by atoms with E-state index in [0.717, 1.165) is 5.56 Å². The Morgan fingerprint density at radius 1 is 1.28 bits per heavy atom. The van der Waals surface area contributed by atoms with Crippen molar-refractivity contribution in [1.82, 2.24) is 9.66 Å². The molecule has 0 saturated heterocycles. The first kappa shape index (κ1) is 19.2. The molecular weight excluding hydrogens is 393 g/mol. The van der Waals surface area contributed by atoms with E-state index in [1.807, 2.05) is 12.1 Å². The van der Waals surface area contributed by atoms with Crippen LogP contribution in [0.2, 0.25) is 5.02 Å². The van der Waals surface area contributed by atoms with Gasteiger partial charge < -0.3 is 10.2 Å². The first-order chi connectivity index (χ1) is 14.1. The third-order valence-corrected chi connectivity index (χ3v) is 5.10. The molecule has 7 heteroatoms. The minimum Gasteiger partial charge on any atom is -0.494 e. The predicted molar refractivity (Wildman–Crippen MR) is 113 cm³/mol. The van der Waals surface area contributed by atoms with Gasteiger partial charge in [-0.1, -0.05) is 35.9 Å². The van der Waals surface area contributed by atoms with Crippen LogP contribution in [0, 0.1) is 0 Å². The Hall–Kier alpha value is -3.12. The predicted octanol–water partition coefficient (Wildman–Crippen LogP) is 4.70. The number of nitrogens with zero attached hydrogens (tertiary/aromatic N) is 2. The number of hydrogen-bond donors (Lipinski definition) is 1. The number of halogens is 2. The van der Waals surface area contributed by atoms with E-state index in [0.29, 0.717) is 40.5 Å². The van der Waals surface area contributed by atoms with E-state index in [4.69, 9.17) is 21.3 Å². The van der Waals surface area contributed by atoms with Crippen LogP contribution in [-0.2, 0) is 6.54 Å². The van der Waals surface area contributed by atoms with Crippen LogP contribution in [-0.4, -0.2) is 16.8 Å². The number of ether oxygens (including phenoxy) is 1. The Morgan fingerprint density at radius 2 is 2.07 bits per heavy atom. The van der Waals surface area contributed by atoms with Gasteiger partial charge in [0.1, 0.15) is 22.9 Å². The highest BCUT2D eigenvalue weighted by molar-refractivity contribution is 6.30. The lowest BCUT2D eigenvalue weighted by Gasteiger charge is -2.21. The van der Waals surface area contributed by atoms with Crippen LogP contribution in [0.3, 0.4) is 0 Å². The third kappa shape index (κ3) is 3.89. The summed E-state index contributed by atoms with van der Waals surface area (Å²) in [5, 5.41) is 1.09. The maximum Gasteiger partial charge on any atom is 0.280 e. The summed E-state index contributed by atoms with van der Waals surface area (Å²) in [6, 6.07) is 12.6. The molecule has 0 aliphatic heterocycles. The molecule has 0 fully saturated rings. The van der Waals surface area contributed by atoms with Crippen molar-refractivity contribution in [2.75, 3.05) is 12.5 Å². The van der Waals surface area contributed by atoms with Crippen molar-refractivity contribution < 1.29 is 9.13 Å². The van der Waals surface area contributed by atoms with Gasteiger partial charge >= 0.3 is 0 Å². The largest absolute Gasteiger partial charge is 0.494 e. The van der Waals surface area contributed by atoms with Gasteiger partial charge in [-0.15, -0.1) is 0 Å². The van der Waals surface area contributed by atoms with Gasteiger partial charge in [0.05, 0.1) is 19.0 Å². The van der Waals surface area contributed by atoms with Crippen molar-refractivity contribution in [1.29, 1.82) is 0 Å². The number of para-hydroxylation sites is 1. The van der Waals surface area contributed by atoms with Gasteiger partial charge in [-0.25, -0.2) is 14.1 Å². The number of fused-ring (bicyclic) bond motifs is 1. The van der Waals surface area contributed by atoms with Gasteiger partial charge in [-0.3, -0.25) is 4.79 Å². The summed E-state index contributed by atoms with van der Waals surface area (Å²) in [6.07, 6.45) is 5.03. The topological polar surface area (TPSA) is 56.1 Å². The molecule has 1 atom stereocenters. The Morgan fingerprint density at radius 3 is 2.76 bits per heavy atom. The standard InChI is InChI=1S/C22H19ClFN3O2/c1-29-19-4-2-3-18-20(19)26-21(15-7-11-17(24)12-8-15)27(22(18)28)25-13-14-5-9-16(23)10-6-14/h2-7,9-12,15,25H,8,13H2,1H3. The Labute approximate surface area is 172 Å². The highest BCUT2D eigenvalue weighted by Crippen LogP contribution is 2.28. The van der Waals surface area contributed by atoms with Crippen molar-refractivity contribution in [2.45, 2.75) is 18.9 Å². The molecular formula is C22H19ClFN3O2. The van der Waals surface area contributed by atoms with Gasteiger partial charge in [-0.2, -0.15) is 0 Å². The molecule has 5 nitrogen and oxygen atoms in total. The molecule has 4 rings (SSSR count). The lowest BCUT2D eigenvalue weighted by atomic mass is 9.99. The molecule has 0 spiro atoms. The van der Waals surface area contributed by atoms with E-state index in [-0.39, 0.29) is 17.3 Å². The fourth-order valence-corrected chi connectivity index (χ4v) is 3.45. The summed E-state index contributed by atoms with van der Waals surface area (Å²) >= 11 is 5.95. The molecule has 2 aromatic carbocycles. The Kier molecular flexibility index (Phi) is 5.36. The van der Waals surface area contributed by atoms with Crippen LogP contribution in [0.1, 0.15) is 23.7 Å². The zero-order chi connectivity index (χ0) is 20.4. The minimum absolute atomic E-state index is 0.235. The van der Waals surface area contributed by atoms with Crippen molar-refractivity contribution in [3.63, 3.8) is 0 Å². The first-order valence-corrected chi connectivity index (χ1v) is 9.56. The van der Waals surface area contributed by atoms with Crippen LogP contribution in [0.15, 0.2) is 71.3 Å². The van der Waals surface area contributed by atoms with E-state index >= 15 is 0 Å². The molecule has 0 amide bonds.